The summed E-state index contributed by atoms with van der Waals surface area (Å²) in [7, 11) is 0. The number of hydrogen-bond acceptors (Lipinski definition) is 6. The predicted octanol–water partition coefficient (Wildman–Crippen LogP) is 4.95. The first-order valence-corrected chi connectivity index (χ1v) is 9.24. The van der Waals surface area contributed by atoms with E-state index in [1.165, 1.54) is 23.1 Å². The van der Waals surface area contributed by atoms with E-state index in [-0.39, 0.29) is 11.0 Å². The van der Waals surface area contributed by atoms with Gasteiger partial charge in [-0.3, -0.25) is 4.79 Å². The predicted molar refractivity (Wildman–Crippen MR) is 100 cm³/mol. The number of aromatic nitrogens is 2. The van der Waals surface area contributed by atoms with Crippen molar-refractivity contribution in [1.29, 1.82) is 0 Å². The fraction of sp³-hybridized carbons (Fsp3) is 0.167. The highest BCUT2D eigenvalue weighted by molar-refractivity contribution is 8.02. The molecule has 0 radical (unpaired) electrons. The Bertz CT molecular complexity index is 816. The second-order valence-electron chi connectivity index (χ2n) is 5.35. The van der Waals surface area contributed by atoms with Crippen molar-refractivity contribution in [3.63, 3.8) is 0 Å². The summed E-state index contributed by atoms with van der Waals surface area (Å²) in [5.74, 6) is 0.104. The molecule has 122 valence electrons. The minimum Gasteiger partial charge on any atom is -0.330 e. The lowest BCUT2D eigenvalue weighted by molar-refractivity contribution is 0.0994. The smallest absolute Gasteiger partial charge is 0.210 e. The molecular weight excluding hydrogens is 338 g/mol. The lowest BCUT2D eigenvalue weighted by Crippen LogP contribution is -2.13. The third-order valence-electron chi connectivity index (χ3n) is 3.41. The van der Waals surface area contributed by atoms with Crippen LogP contribution in [0.2, 0.25) is 0 Å². The molecule has 1 heterocycles. The Labute approximate surface area is 149 Å². The number of benzene rings is 2. The Morgan fingerprint density at radius 1 is 1.08 bits per heavy atom. The van der Waals surface area contributed by atoms with Gasteiger partial charge in [0.05, 0.1) is 5.25 Å². The van der Waals surface area contributed by atoms with Gasteiger partial charge in [-0.15, -0.1) is 10.2 Å². The van der Waals surface area contributed by atoms with E-state index in [4.69, 9.17) is 0 Å². The summed E-state index contributed by atoms with van der Waals surface area (Å²) in [4.78, 5) is 12.5. The molecule has 1 aromatic heterocycles. The van der Waals surface area contributed by atoms with Crippen molar-refractivity contribution in [1.82, 2.24) is 10.2 Å². The minimum absolute atomic E-state index is 0.104. The lowest BCUT2D eigenvalue weighted by atomic mass is 10.1. The average Bonchev–Trinajstić information content (AvgIpc) is 3.02. The van der Waals surface area contributed by atoms with E-state index in [0.717, 1.165) is 26.3 Å². The van der Waals surface area contributed by atoms with Crippen LogP contribution in [0, 0.1) is 6.92 Å². The first kappa shape index (κ1) is 16.7. The highest BCUT2D eigenvalue weighted by atomic mass is 32.2. The third-order valence-corrected chi connectivity index (χ3v) is 5.44. The maximum absolute atomic E-state index is 12.5. The van der Waals surface area contributed by atoms with E-state index in [9.17, 15) is 4.79 Å². The van der Waals surface area contributed by atoms with Crippen molar-refractivity contribution in [3.8, 4) is 0 Å². The SMILES string of the molecule is Cc1ccc(C(=O)[C@@H](C)Sc2nnc(Nc3ccccc3)s2)cc1. The average molecular weight is 355 g/mol. The number of carbonyl (C=O) groups is 1. The molecule has 3 aromatic rings. The molecule has 0 aliphatic heterocycles. The van der Waals surface area contributed by atoms with Crippen LogP contribution in [0.3, 0.4) is 0 Å². The van der Waals surface area contributed by atoms with E-state index in [1.54, 1.807) is 0 Å². The molecule has 1 atom stereocenters. The summed E-state index contributed by atoms with van der Waals surface area (Å²) < 4.78 is 0.779. The van der Waals surface area contributed by atoms with Crippen molar-refractivity contribution >= 4 is 39.7 Å². The normalized spacial score (nSPS) is 11.9. The topological polar surface area (TPSA) is 54.9 Å². The molecule has 1 N–H and O–H groups in total. The molecule has 0 fully saturated rings. The zero-order valence-corrected chi connectivity index (χ0v) is 15.0. The molecule has 0 bridgehead atoms. The van der Waals surface area contributed by atoms with E-state index < -0.39 is 0 Å². The van der Waals surface area contributed by atoms with Crippen LogP contribution in [0.25, 0.3) is 0 Å². The number of Topliss-reactive ketones (excluding diaryl/α,β-unsaturated/α-hetero) is 1. The molecule has 0 aliphatic carbocycles. The summed E-state index contributed by atoms with van der Waals surface area (Å²) >= 11 is 2.89. The summed E-state index contributed by atoms with van der Waals surface area (Å²) in [6, 6.07) is 17.5. The zero-order chi connectivity index (χ0) is 16.9. The van der Waals surface area contributed by atoms with Gasteiger partial charge >= 0.3 is 0 Å². The van der Waals surface area contributed by atoms with Gasteiger partial charge in [0.2, 0.25) is 5.13 Å². The highest BCUT2D eigenvalue weighted by Gasteiger charge is 2.18. The molecule has 2 aromatic carbocycles. The number of nitrogens with zero attached hydrogens (tertiary/aromatic N) is 2. The number of hydrogen-bond donors (Lipinski definition) is 1. The Balaban J connectivity index is 1.63. The fourth-order valence-electron chi connectivity index (χ4n) is 2.11. The van der Waals surface area contributed by atoms with Gasteiger partial charge < -0.3 is 5.32 Å². The number of anilines is 2. The number of para-hydroxylation sites is 1. The van der Waals surface area contributed by atoms with Gasteiger partial charge in [0.1, 0.15) is 0 Å². The van der Waals surface area contributed by atoms with Gasteiger partial charge in [-0.05, 0) is 26.0 Å². The maximum atomic E-state index is 12.5. The maximum Gasteiger partial charge on any atom is 0.210 e. The van der Waals surface area contributed by atoms with Crippen LogP contribution in [0.1, 0.15) is 22.8 Å². The summed E-state index contributed by atoms with van der Waals surface area (Å²) in [5, 5.41) is 12.0. The van der Waals surface area contributed by atoms with Gasteiger partial charge in [0.25, 0.3) is 0 Å². The Morgan fingerprint density at radius 2 is 1.79 bits per heavy atom. The zero-order valence-electron chi connectivity index (χ0n) is 13.4. The summed E-state index contributed by atoms with van der Waals surface area (Å²) in [6.07, 6.45) is 0. The number of carbonyl (C=O) groups excluding carboxylic acids is 1. The number of ketones is 1. The molecular formula is C18H17N3OS2. The Kier molecular flexibility index (Phi) is 5.27. The molecule has 4 nitrogen and oxygen atoms in total. The second-order valence-corrected chi connectivity index (χ2v) is 7.92. The van der Waals surface area contributed by atoms with Gasteiger partial charge in [-0.1, -0.05) is 71.1 Å². The standard InChI is InChI=1S/C18H17N3OS2/c1-12-8-10-14(11-9-12)16(22)13(2)23-18-21-20-17(24-18)19-15-6-4-3-5-7-15/h3-11,13H,1-2H3,(H,19,20)/t13-/m1/s1. The van der Waals surface area contributed by atoms with E-state index >= 15 is 0 Å². The van der Waals surface area contributed by atoms with Crippen molar-refractivity contribution in [2.24, 2.45) is 0 Å². The van der Waals surface area contributed by atoms with Crippen LogP contribution >= 0.6 is 23.1 Å². The van der Waals surface area contributed by atoms with Crippen LogP contribution in [0.15, 0.2) is 58.9 Å². The summed E-state index contributed by atoms with van der Waals surface area (Å²) in [6.45, 7) is 3.91. The molecule has 6 heteroatoms. The second kappa shape index (κ2) is 7.59. The van der Waals surface area contributed by atoms with Crippen LogP contribution in [-0.4, -0.2) is 21.2 Å². The van der Waals surface area contributed by atoms with Crippen molar-refractivity contribution in [2.75, 3.05) is 5.32 Å². The molecule has 24 heavy (non-hydrogen) atoms. The molecule has 3 rings (SSSR count). The van der Waals surface area contributed by atoms with Crippen LogP contribution in [0.4, 0.5) is 10.8 Å². The van der Waals surface area contributed by atoms with Crippen LogP contribution in [0.5, 0.6) is 0 Å². The van der Waals surface area contributed by atoms with Gasteiger partial charge in [0, 0.05) is 11.3 Å². The first-order valence-electron chi connectivity index (χ1n) is 7.55. The Morgan fingerprint density at radius 3 is 2.50 bits per heavy atom. The van der Waals surface area contributed by atoms with Gasteiger partial charge in [0.15, 0.2) is 10.1 Å². The molecule has 0 saturated carbocycles. The van der Waals surface area contributed by atoms with E-state index in [2.05, 4.69) is 15.5 Å². The highest BCUT2D eigenvalue weighted by Crippen LogP contribution is 2.31. The van der Waals surface area contributed by atoms with E-state index in [0.29, 0.717) is 0 Å². The quantitative estimate of drug-likeness (QED) is 0.500. The van der Waals surface area contributed by atoms with E-state index in [1.807, 2.05) is 68.4 Å². The lowest BCUT2D eigenvalue weighted by Gasteiger charge is -2.08. The third kappa shape index (κ3) is 4.21. The summed E-state index contributed by atoms with van der Waals surface area (Å²) in [5.41, 5.74) is 2.84. The minimum atomic E-state index is -0.203. The Hall–Kier alpha value is -2.18. The number of rotatable bonds is 6. The molecule has 0 amide bonds. The molecule has 0 spiro atoms. The van der Waals surface area contributed by atoms with Gasteiger partial charge in [-0.25, -0.2) is 0 Å². The molecule has 0 aliphatic rings. The number of aryl methyl sites for hydroxylation is 1. The number of thioether (sulfide) groups is 1. The molecule has 0 saturated heterocycles. The van der Waals surface area contributed by atoms with Crippen molar-refractivity contribution < 1.29 is 4.79 Å². The van der Waals surface area contributed by atoms with Crippen LogP contribution in [-0.2, 0) is 0 Å². The number of nitrogens with one attached hydrogen (secondary N) is 1. The monoisotopic (exact) mass is 355 g/mol. The van der Waals surface area contributed by atoms with Crippen molar-refractivity contribution in [2.45, 2.75) is 23.4 Å². The fourth-order valence-corrected chi connectivity index (χ4v) is 4.10. The first-order chi connectivity index (χ1) is 11.6. The van der Waals surface area contributed by atoms with Crippen LogP contribution < -0.4 is 5.32 Å². The van der Waals surface area contributed by atoms with Crippen molar-refractivity contribution in [3.05, 3.63) is 65.7 Å². The van der Waals surface area contributed by atoms with Gasteiger partial charge in [-0.2, -0.15) is 0 Å². The molecule has 0 unspecified atom stereocenters. The largest absolute Gasteiger partial charge is 0.330 e.